The highest BCUT2D eigenvalue weighted by atomic mass is 35.5. The molecule has 0 atom stereocenters. The lowest BCUT2D eigenvalue weighted by Crippen LogP contribution is -1.98. The summed E-state index contributed by atoms with van der Waals surface area (Å²) in [6.45, 7) is 2.68. The molecule has 6 heteroatoms. The van der Waals surface area contributed by atoms with Crippen LogP contribution in [0.4, 0.5) is 0 Å². The first kappa shape index (κ1) is 15.3. The second kappa shape index (κ2) is 6.65. The highest BCUT2D eigenvalue weighted by Crippen LogP contribution is 2.25. The van der Waals surface area contributed by atoms with Crippen molar-refractivity contribution < 1.29 is 0 Å². The number of hydrogen-bond acceptors (Lipinski definition) is 3. The zero-order chi connectivity index (χ0) is 15.5. The van der Waals surface area contributed by atoms with E-state index >= 15 is 0 Å². The average molecular weight is 350 g/mol. The molecule has 0 saturated heterocycles. The molecule has 0 saturated carbocycles. The normalized spacial score (nSPS) is 11.9. The van der Waals surface area contributed by atoms with Crippen molar-refractivity contribution in [3.63, 3.8) is 0 Å². The van der Waals surface area contributed by atoms with Crippen molar-refractivity contribution in [3.8, 4) is 17.1 Å². The van der Waals surface area contributed by atoms with Crippen molar-refractivity contribution in [2.75, 3.05) is 6.54 Å². The smallest absolute Gasteiger partial charge is 0.223 e. The molecule has 1 aromatic heterocycles. The summed E-state index contributed by atoms with van der Waals surface area (Å²) in [5.74, 6) is 0.807. The summed E-state index contributed by atoms with van der Waals surface area (Å²) in [6.07, 6.45) is 0. The number of hydrogen-bond donors (Lipinski definition) is 0. The van der Waals surface area contributed by atoms with Gasteiger partial charge >= 0.3 is 0 Å². The van der Waals surface area contributed by atoms with E-state index in [9.17, 15) is 0 Å². The fourth-order valence-corrected chi connectivity index (χ4v) is 3.37. The largest absolute Gasteiger partial charge is 0.256 e. The molecule has 1 heterocycles. The fraction of sp³-hybridized carbons (Fsp3) is 0.125. The molecule has 0 aliphatic carbocycles. The van der Waals surface area contributed by atoms with E-state index in [1.807, 2.05) is 59.4 Å². The summed E-state index contributed by atoms with van der Waals surface area (Å²) in [6, 6.07) is 15.3. The van der Waals surface area contributed by atoms with Gasteiger partial charge in [0, 0.05) is 22.2 Å². The third-order valence-corrected chi connectivity index (χ3v) is 4.41. The lowest BCUT2D eigenvalue weighted by Gasteiger charge is -2.07. The minimum absolute atomic E-state index is 0.678. The molecule has 112 valence electrons. The minimum atomic E-state index is 0.678. The fourth-order valence-electron chi connectivity index (χ4n) is 2.07. The van der Waals surface area contributed by atoms with Crippen molar-refractivity contribution in [1.82, 2.24) is 8.94 Å². The molecule has 0 spiro atoms. The van der Waals surface area contributed by atoms with Gasteiger partial charge in [0.15, 0.2) is 5.82 Å². The Balaban J connectivity index is 2.23. The van der Waals surface area contributed by atoms with Gasteiger partial charge < -0.3 is 0 Å². The first-order chi connectivity index (χ1) is 10.7. The summed E-state index contributed by atoms with van der Waals surface area (Å²) in [5.41, 5.74) is 1.90. The summed E-state index contributed by atoms with van der Waals surface area (Å²) in [4.78, 5) is 9.77. The number of benzene rings is 2. The Morgan fingerprint density at radius 3 is 2.50 bits per heavy atom. The highest BCUT2D eigenvalue weighted by Gasteiger charge is 2.11. The van der Waals surface area contributed by atoms with E-state index in [1.165, 1.54) is 11.5 Å². The van der Waals surface area contributed by atoms with E-state index in [4.69, 9.17) is 23.2 Å². The summed E-state index contributed by atoms with van der Waals surface area (Å²) < 4.78 is 2.02. The molecular weight excluding hydrogens is 337 g/mol. The molecule has 0 N–H and O–H groups in total. The molecule has 3 nitrogen and oxygen atoms in total. The molecule has 0 unspecified atom stereocenters. The Bertz CT molecular complexity index is 802. The third kappa shape index (κ3) is 3.24. The van der Waals surface area contributed by atoms with Gasteiger partial charge in [0.05, 0.1) is 5.69 Å². The zero-order valence-electron chi connectivity index (χ0n) is 11.8. The maximum absolute atomic E-state index is 6.11. The van der Waals surface area contributed by atoms with Gasteiger partial charge in [-0.05, 0) is 48.8 Å². The molecule has 0 fully saturated rings. The van der Waals surface area contributed by atoms with Crippen molar-refractivity contribution in [2.24, 2.45) is 4.99 Å². The predicted molar refractivity (Wildman–Crippen MR) is 93.0 cm³/mol. The van der Waals surface area contributed by atoms with Crippen LogP contribution in [0.3, 0.4) is 0 Å². The maximum atomic E-state index is 6.11. The van der Waals surface area contributed by atoms with Gasteiger partial charge in [-0.2, -0.15) is 4.98 Å². The molecule has 0 radical (unpaired) electrons. The Labute approximate surface area is 142 Å². The van der Waals surface area contributed by atoms with Crippen LogP contribution in [-0.2, 0) is 0 Å². The minimum Gasteiger partial charge on any atom is -0.256 e. The van der Waals surface area contributed by atoms with Crippen molar-refractivity contribution in [3.05, 3.63) is 63.4 Å². The lowest BCUT2D eigenvalue weighted by molar-refractivity contribution is 1.03. The van der Waals surface area contributed by atoms with E-state index in [1.54, 1.807) is 0 Å². The molecule has 0 aliphatic heterocycles. The number of halogens is 2. The molecule has 22 heavy (non-hydrogen) atoms. The van der Waals surface area contributed by atoms with Gasteiger partial charge in [0.2, 0.25) is 4.80 Å². The zero-order valence-corrected chi connectivity index (χ0v) is 14.2. The van der Waals surface area contributed by atoms with E-state index in [0.29, 0.717) is 16.6 Å². The molecule has 3 rings (SSSR count). The Kier molecular flexibility index (Phi) is 4.62. The highest BCUT2D eigenvalue weighted by molar-refractivity contribution is 7.04. The molecule has 0 bridgehead atoms. The van der Waals surface area contributed by atoms with E-state index in [0.717, 1.165) is 21.9 Å². The van der Waals surface area contributed by atoms with Crippen LogP contribution in [0.25, 0.3) is 17.1 Å². The van der Waals surface area contributed by atoms with Gasteiger partial charge in [-0.25, -0.2) is 3.96 Å². The summed E-state index contributed by atoms with van der Waals surface area (Å²) in [5, 5.41) is 1.36. The van der Waals surface area contributed by atoms with E-state index in [-0.39, 0.29) is 0 Å². The molecule has 0 amide bonds. The van der Waals surface area contributed by atoms with Gasteiger partial charge in [-0.3, -0.25) is 4.99 Å². The summed E-state index contributed by atoms with van der Waals surface area (Å²) in [7, 11) is 0. The maximum Gasteiger partial charge on any atom is 0.223 e. The van der Waals surface area contributed by atoms with Crippen molar-refractivity contribution in [1.29, 1.82) is 0 Å². The monoisotopic (exact) mass is 349 g/mol. The van der Waals surface area contributed by atoms with Gasteiger partial charge in [0.1, 0.15) is 0 Å². The van der Waals surface area contributed by atoms with Gasteiger partial charge in [-0.15, -0.1) is 0 Å². The number of aromatic nitrogens is 2. The van der Waals surface area contributed by atoms with Crippen molar-refractivity contribution in [2.45, 2.75) is 6.92 Å². The SMILES string of the molecule is CCN=c1nc(-c2cccc(Cl)c2)n(-c2cccc(Cl)c2)s1. The van der Waals surface area contributed by atoms with Crippen molar-refractivity contribution >= 4 is 34.7 Å². The standard InChI is InChI=1S/C16H13Cl2N3S/c1-2-19-16-20-15(11-5-3-6-12(17)9-11)21(22-16)14-8-4-7-13(18)10-14/h3-10H,2H2,1H3. The topological polar surface area (TPSA) is 30.2 Å². The van der Waals surface area contributed by atoms with Crippen LogP contribution in [0.1, 0.15) is 6.92 Å². The Morgan fingerprint density at radius 2 is 1.82 bits per heavy atom. The molecular formula is C16H13Cl2N3S. The van der Waals surface area contributed by atoms with Crippen LogP contribution in [0.2, 0.25) is 10.0 Å². The van der Waals surface area contributed by atoms with Crippen LogP contribution in [0.15, 0.2) is 53.5 Å². The number of rotatable bonds is 3. The second-order valence-corrected chi connectivity index (χ2v) is 6.35. The number of nitrogens with zero attached hydrogens (tertiary/aromatic N) is 3. The second-order valence-electron chi connectivity index (χ2n) is 4.57. The first-order valence-corrected chi connectivity index (χ1v) is 8.33. The Morgan fingerprint density at radius 1 is 1.09 bits per heavy atom. The predicted octanol–water partition coefficient (Wildman–Crippen LogP) is 4.83. The van der Waals surface area contributed by atoms with Crippen LogP contribution in [-0.4, -0.2) is 15.5 Å². The van der Waals surface area contributed by atoms with Gasteiger partial charge in [-0.1, -0.05) is 41.4 Å². The Hall–Kier alpha value is -1.62. The third-order valence-electron chi connectivity index (χ3n) is 2.99. The van der Waals surface area contributed by atoms with Crippen LogP contribution < -0.4 is 4.80 Å². The average Bonchev–Trinajstić information content (AvgIpc) is 2.92. The van der Waals surface area contributed by atoms with Crippen LogP contribution >= 0.6 is 34.7 Å². The lowest BCUT2D eigenvalue weighted by atomic mass is 10.2. The van der Waals surface area contributed by atoms with Crippen LogP contribution in [0, 0.1) is 0 Å². The van der Waals surface area contributed by atoms with E-state index < -0.39 is 0 Å². The van der Waals surface area contributed by atoms with E-state index in [2.05, 4.69) is 9.98 Å². The molecule has 2 aromatic carbocycles. The molecule has 3 aromatic rings. The van der Waals surface area contributed by atoms with Gasteiger partial charge in [0.25, 0.3) is 0 Å². The first-order valence-electron chi connectivity index (χ1n) is 6.80. The quantitative estimate of drug-likeness (QED) is 0.666. The summed E-state index contributed by atoms with van der Waals surface area (Å²) >= 11 is 13.7. The van der Waals surface area contributed by atoms with Crippen LogP contribution in [0.5, 0.6) is 0 Å². The molecule has 0 aliphatic rings.